The normalized spacial score (nSPS) is 21.5. The van der Waals surface area contributed by atoms with E-state index in [0.29, 0.717) is 37.1 Å². The lowest BCUT2D eigenvalue weighted by Crippen LogP contribution is -2.52. The largest absolute Gasteiger partial charge is 0.359 e. The number of thiocarbonyl (C=S) groups is 1. The summed E-state index contributed by atoms with van der Waals surface area (Å²) in [4.78, 5) is 12.1. The first kappa shape index (κ1) is 17.4. The first-order valence-corrected chi connectivity index (χ1v) is 9.93. The molecule has 1 saturated carbocycles. The fourth-order valence-electron chi connectivity index (χ4n) is 2.96. The molecule has 0 unspecified atom stereocenters. The molecule has 2 fully saturated rings. The Morgan fingerprint density at radius 3 is 2.23 bits per heavy atom. The lowest BCUT2D eigenvalue weighted by molar-refractivity contribution is -0.126. The van der Waals surface area contributed by atoms with Crippen LogP contribution < -0.4 is 16.2 Å². The van der Waals surface area contributed by atoms with Gasteiger partial charge in [-0.3, -0.25) is 15.6 Å². The standard InChI is InChI=1S/C13H24N4O3S2/c1-22(19,20)17-8-6-10(7-9-17)12(18)15-16-13(21)14-11-4-2-3-5-11/h10-11H,2-9H2,1H3,(H,15,18)(H2,14,16,21). The summed E-state index contributed by atoms with van der Waals surface area (Å²) >= 11 is 5.15. The summed E-state index contributed by atoms with van der Waals surface area (Å²) in [5, 5.41) is 3.62. The molecular formula is C13H24N4O3S2. The molecule has 0 aromatic rings. The number of carbonyl (C=O) groups excluding carboxylic acids is 1. The molecule has 7 nitrogen and oxygen atoms in total. The van der Waals surface area contributed by atoms with Crippen molar-refractivity contribution >= 4 is 33.3 Å². The van der Waals surface area contributed by atoms with Gasteiger partial charge in [0.1, 0.15) is 0 Å². The maximum atomic E-state index is 12.1. The number of carbonyl (C=O) groups is 1. The minimum absolute atomic E-state index is 0.135. The van der Waals surface area contributed by atoms with Crippen LogP contribution in [0.15, 0.2) is 0 Å². The third-order valence-electron chi connectivity index (χ3n) is 4.28. The molecule has 0 spiro atoms. The quantitative estimate of drug-likeness (QED) is 0.495. The molecule has 0 radical (unpaired) electrons. The van der Waals surface area contributed by atoms with Gasteiger partial charge >= 0.3 is 0 Å². The zero-order valence-corrected chi connectivity index (χ0v) is 14.4. The molecule has 1 aliphatic carbocycles. The van der Waals surface area contributed by atoms with Crippen LogP contribution in [0.1, 0.15) is 38.5 Å². The molecule has 0 aromatic heterocycles. The van der Waals surface area contributed by atoms with Gasteiger partial charge in [-0.1, -0.05) is 12.8 Å². The van der Waals surface area contributed by atoms with Crippen molar-refractivity contribution in [3.05, 3.63) is 0 Å². The molecule has 3 N–H and O–H groups in total. The van der Waals surface area contributed by atoms with Crippen LogP contribution in [-0.4, -0.2) is 49.1 Å². The predicted octanol–water partition coefficient (Wildman–Crippen LogP) is 0.0959. The van der Waals surface area contributed by atoms with Gasteiger partial charge in [0, 0.05) is 25.0 Å². The second-order valence-corrected chi connectivity index (χ2v) is 8.40. The van der Waals surface area contributed by atoms with Crippen LogP contribution in [0.25, 0.3) is 0 Å². The van der Waals surface area contributed by atoms with Crippen molar-refractivity contribution in [1.29, 1.82) is 0 Å². The van der Waals surface area contributed by atoms with Crippen LogP contribution in [0.4, 0.5) is 0 Å². The lowest BCUT2D eigenvalue weighted by atomic mass is 9.98. The van der Waals surface area contributed by atoms with Crippen molar-refractivity contribution in [2.75, 3.05) is 19.3 Å². The van der Waals surface area contributed by atoms with Crippen molar-refractivity contribution in [2.24, 2.45) is 5.92 Å². The molecule has 0 aromatic carbocycles. The molecule has 0 bridgehead atoms. The number of nitrogens with one attached hydrogen (secondary N) is 3. The van der Waals surface area contributed by atoms with Crippen molar-refractivity contribution in [3.63, 3.8) is 0 Å². The fourth-order valence-corrected chi connectivity index (χ4v) is 4.05. The van der Waals surface area contributed by atoms with Crippen LogP contribution in [0.5, 0.6) is 0 Å². The Labute approximate surface area is 137 Å². The number of piperidine rings is 1. The van der Waals surface area contributed by atoms with E-state index in [9.17, 15) is 13.2 Å². The SMILES string of the molecule is CS(=O)(=O)N1CCC(C(=O)NNC(=S)NC2CCCC2)CC1. The van der Waals surface area contributed by atoms with E-state index in [1.165, 1.54) is 23.4 Å². The summed E-state index contributed by atoms with van der Waals surface area (Å²) in [6.45, 7) is 0.781. The van der Waals surface area contributed by atoms with Gasteiger partial charge in [0.25, 0.3) is 0 Å². The van der Waals surface area contributed by atoms with Crippen molar-refractivity contribution in [3.8, 4) is 0 Å². The maximum Gasteiger partial charge on any atom is 0.241 e. The first-order valence-electron chi connectivity index (χ1n) is 7.68. The third-order valence-corrected chi connectivity index (χ3v) is 5.81. The van der Waals surface area contributed by atoms with Gasteiger partial charge in [0.15, 0.2) is 5.11 Å². The van der Waals surface area contributed by atoms with E-state index in [-0.39, 0.29) is 11.8 Å². The zero-order valence-electron chi connectivity index (χ0n) is 12.8. The number of hydrogen-bond donors (Lipinski definition) is 3. The Kier molecular flexibility index (Phi) is 5.99. The van der Waals surface area contributed by atoms with Gasteiger partial charge in [-0.15, -0.1) is 0 Å². The number of hydrazine groups is 1. The molecule has 22 heavy (non-hydrogen) atoms. The lowest BCUT2D eigenvalue weighted by Gasteiger charge is -2.29. The van der Waals surface area contributed by atoms with Crippen molar-refractivity contribution in [2.45, 2.75) is 44.6 Å². The monoisotopic (exact) mass is 348 g/mol. The molecule has 126 valence electrons. The Balaban J connectivity index is 1.68. The van der Waals surface area contributed by atoms with Gasteiger partial charge in [-0.05, 0) is 37.9 Å². The van der Waals surface area contributed by atoms with Crippen LogP contribution >= 0.6 is 12.2 Å². The highest BCUT2D eigenvalue weighted by Crippen LogP contribution is 2.19. The van der Waals surface area contributed by atoms with E-state index >= 15 is 0 Å². The van der Waals surface area contributed by atoms with E-state index in [0.717, 1.165) is 12.8 Å². The van der Waals surface area contributed by atoms with Crippen LogP contribution in [0, 0.1) is 5.92 Å². The summed E-state index contributed by atoms with van der Waals surface area (Å²) in [7, 11) is -3.16. The molecule has 2 rings (SSSR count). The molecule has 1 amide bonds. The third kappa shape index (κ3) is 5.06. The molecule has 0 atom stereocenters. The Morgan fingerprint density at radius 2 is 1.68 bits per heavy atom. The molecule has 1 heterocycles. The van der Waals surface area contributed by atoms with Crippen LogP contribution in [-0.2, 0) is 14.8 Å². The average molecular weight is 348 g/mol. The second kappa shape index (κ2) is 7.56. The van der Waals surface area contributed by atoms with Crippen molar-refractivity contribution < 1.29 is 13.2 Å². The van der Waals surface area contributed by atoms with E-state index in [1.807, 2.05) is 0 Å². The highest BCUT2D eigenvalue weighted by atomic mass is 32.2. The van der Waals surface area contributed by atoms with Gasteiger partial charge in [0.05, 0.1) is 6.26 Å². The van der Waals surface area contributed by atoms with E-state index < -0.39 is 10.0 Å². The minimum Gasteiger partial charge on any atom is -0.359 e. The van der Waals surface area contributed by atoms with Crippen LogP contribution in [0.3, 0.4) is 0 Å². The summed E-state index contributed by atoms with van der Waals surface area (Å²) < 4.78 is 24.3. The number of amides is 1. The smallest absolute Gasteiger partial charge is 0.241 e. The van der Waals surface area contributed by atoms with E-state index in [1.54, 1.807) is 0 Å². The number of hydrogen-bond acceptors (Lipinski definition) is 4. The van der Waals surface area contributed by atoms with E-state index in [2.05, 4.69) is 16.2 Å². The highest BCUT2D eigenvalue weighted by molar-refractivity contribution is 7.88. The Bertz CT molecular complexity index is 509. The molecule has 9 heteroatoms. The molecule has 2 aliphatic rings. The second-order valence-electron chi connectivity index (χ2n) is 6.01. The van der Waals surface area contributed by atoms with Gasteiger partial charge in [-0.25, -0.2) is 12.7 Å². The van der Waals surface area contributed by atoms with Gasteiger partial charge < -0.3 is 5.32 Å². The van der Waals surface area contributed by atoms with Crippen molar-refractivity contribution in [1.82, 2.24) is 20.5 Å². The predicted molar refractivity (Wildman–Crippen MR) is 88.4 cm³/mol. The Hall–Kier alpha value is -0.930. The Morgan fingerprint density at radius 1 is 1.09 bits per heavy atom. The average Bonchev–Trinajstić information content (AvgIpc) is 2.97. The van der Waals surface area contributed by atoms with Gasteiger partial charge in [0.2, 0.25) is 15.9 Å². The molecule has 1 aliphatic heterocycles. The first-order chi connectivity index (χ1) is 10.4. The number of sulfonamides is 1. The van der Waals surface area contributed by atoms with Gasteiger partial charge in [-0.2, -0.15) is 0 Å². The fraction of sp³-hybridized carbons (Fsp3) is 0.846. The number of rotatable bonds is 3. The summed E-state index contributed by atoms with van der Waals surface area (Å²) in [5.74, 6) is -0.316. The molecule has 1 saturated heterocycles. The van der Waals surface area contributed by atoms with E-state index in [4.69, 9.17) is 12.2 Å². The molecular weight excluding hydrogens is 324 g/mol. The highest BCUT2D eigenvalue weighted by Gasteiger charge is 2.29. The summed E-state index contributed by atoms with van der Waals surface area (Å²) in [6.07, 6.45) is 6.91. The zero-order chi connectivity index (χ0) is 16.2. The maximum absolute atomic E-state index is 12.1. The topological polar surface area (TPSA) is 90.5 Å². The minimum atomic E-state index is -3.16. The summed E-state index contributed by atoms with van der Waals surface area (Å²) in [5.41, 5.74) is 5.36. The number of nitrogens with zero attached hydrogens (tertiary/aromatic N) is 1. The van der Waals surface area contributed by atoms with Crippen LogP contribution in [0.2, 0.25) is 0 Å². The summed E-state index contributed by atoms with van der Waals surface area (Å²) in [6, 6.07) is 0.398.